The molecular formula is C15H23N3O. The largest absolute Gasteiger partial charge is 0.324 e. The topological polar surface area (TPSA) is 44.4 Å². The summed E-state index contributed by atoms with van der Waals surface area (Å²) in [5, 5.41) is 6.07. The number of urea groups is 1. The summed E-state index contributed by atoms with van der Waals surface area (Å²) in [6.45, 7) is 4.78. The highest BCUT2D eigenvalue weighted by atomic mass is 16.2. The highest BCUT2D eigenvalue weighted by molar-refractivity contribution is 5.89. The molecule has 0 bridgehead atoms. The number of nitrogens with zero attached hydrogens (tertiary/aromatic N) is 1. The Labute approximate surface area is 115 Å². The summed E-state index contributed by atoms with van der Waals surface area (Å²) in [4.78, 5) is 14.0. The SMILES string of the molecule is CNCc1ccc(NC(=O)N2CCCC(C)C2)cc1. The van der Waals surface area contributed by atoms with E-state index in [1.807, 2.05) is 36.2 Å². The van der Waals surface area contributed by atoms with Crippen molar-refractivity contribution in [3.05, 3.63) is 29.8 Å². The number of amides is 2. The molecule has 4 heteroatoms. The van der Waals surface area contributed by atoms with E-state index in [0.717, 1.165) is 31.7 Å². The van der Waals surface area contributed by atoms with Crippen molar-refractivity contribution >= 4 is 11.7 Å². The summed E-state index contributed by atoms with van der Waals surface area (Å²) in [7, 11) is 1.92. The first-order valence-corrected chi connectivity index (χ1v) is 6.98. The maximum Gasteiger partial charge on any atom is 0.321 e. The fourth-order valence-corrected chi connectivity index (χ4v) is 2.49. The lowest BCUT2D eigenvalue weighted by Gasteiger charge is -2.30. The molecule has 1 aromatic rings. The van der Waals surface area contributed by atoms with Gasteiger partial charge in [0.2, 0.25) is 0 Å². The lowest BCUT2D eigenvalue weighted by atomic mass is 10.0. The van der Waals surface area contributed by atoms with Crippen LogP contribution in [-0.2, 0) is 6.54 Å². The first-order chi connectivity index (χ1) is 9.19. The van der Waals surface area contributed by atoms with Crippen molar-refractivity contribution < 1.29 is 4.79 Å². The summed E-state index contributed by atoms with van der Waals surface area (Å²) in [5.74, 6) is 0.609. The van der Waals surface area contributed by atoms with Crippen LogP contribution in [0.4, 0.5) is 10.5 Å². The zero-order valence-electron chi connectivity index (χ0n) is 11.8. The van der Waals surface area contributed by atoms with E-state index in [1.165, 1.54) is 12.0 Å². The Bertz CT molecular complexity index is 416. The van der Waals surface area contributed by atoms with Crippen LogP contribution in [-0.4, -0.2) is 31.1 Å². The monoisotopic (exact) mass is 261 g/mol. The summed E-state index contributed by atoms with van der Waals surface area (Å²) < 4.78 is 0. The fraction of sp³-hybridized carbons (Fsp3) is 0.533. The van der Waals surface area contributed by atoms with Crippen molar-refractivity contribution in [2.75, 3.05) is 25.5 Å². The third kappa shape index (κ3) is 3.96. The van der Waals surface area contributed by atoms with E-state index in [-0.39, 0.29) is 6.03 Å². The molecule has 104 valence electrons. The molecule has 0 radical (unpaired) electrons. The van der Waals surface area contributed by atoms with Crippen molar-refractivity contribution in [2.45, 2.75) is 26.3 Å². The number of piperidine rings is 1. The second-order valence-electron chi connectivity index (χ2n) is 5.35. The Balaban J connectivity index is 1.90. The number of benzene rings is 1. The first-order valence-electron chi connectivity index (χ1n) is 6.98. The van der Waals surface area contributed by atoms with E-state index in [2.05, 4.69) is 17.6 Å². The predicted molar refractivity (Wildman–Crippen MR) is 78.2 cm³/mol. The molecule has 2 N–H and O–H groups in total. The molecule has 1 aromatic carbocycles. The van der Waals surface area contributed by atoms with Crippen LogP contribution in [0.15, 0.2) is 24.3 Å². The van der Waals surface area contributed by atoms with Gasteiger partial charge in [-0.1, -0.05) is 19.1 Å². The van der Waals surface area contributed by atoms with Gasteiger partial charge in [-0.3, -0.25) is 0 Å². The zero-order valence-corrected chi connectivity index (χ0v) is 11.8. The van der Waals surface area contributed by atoms with Crippen LogP contribution in [0, 0.1) is 5.92 Å². The van der Waals surface area contributed by atoms with Gasteiger partial charge in [0.05, 0.1) is 0 Å². The molecule has 0 aromatic heterocycles. The molecule has 19 heavy (non-hydrogen) atoms. The van der Waals surface area contributed by atoms with E-state index < -0.39 is 0 Å². The number of hydrogen-bond donors (Lipinski definition) is 2. The van der Waals surface area contributed by atoms with Gasteiger partial charge in [-0.25, -0.2) is 4.79 Å². The van der Waals surface area contributed by atoms with Gasteiger partial charge in [-0.2, -0.15) is 0 Å². The maximum absolute atomic E-state index is 12.1. The Kier molecular flexibility index (Phi) is 4.80. The van der Waals surface area contributed by atoms with Gasteiger partial charge < -0.3 is 15.5 Å². The Morgan fingerprint density at radius 3 is 2.74 bits per heavy atom. The molecule has 1 aliphatic heterocycles. The number of nitrogens with one attached hydrogen (secondary N) is 2. The van der Waals surface area contributed by atoms with E-state index in [0.29, 0.717) is 5.92 Å². The first kappa shape index (κ1) is 13.9. The van der Waals surface area contributed by atoms with Crippen LogP contribution in [0.2, 0.25) is 0 Å². The minimum Gasteiger partial charge on any atom is -0.324 e. The van der Waals surface area contributed by atoms with Crippen molar-refractivity contribution in [1.82, 2.24) is 10.2 Å². The van der Waals surface area contributed by atoms with Gasteiger partial charge in [0.1, 0.15) is 0 Å². The number of likely N-dealkylation sites (tertiary alicyclic amines) is 1. The van der Waals surface area contributed by atoms with E-state index in [1.54, 1.807) is 0 Å². The standard InChI is InChI=1S/C15H23N3O/c1-12-4-3-9-18(11-12)15(19)17-14-7-5-13(6-8-14)10-16-2/h5-8,12,16H,3-4,9-11H2,1-2H3,(H,17,19). The fourth-order valence-electron chi connectivity index (χ4n) is 2.49. The van der Waals surface area contributed by atoms with Crippen LogP contribution in [0.3, 0.4) is 0 Å². The van der Waals surface area contributed by atoms with Crippen LogP contribution in [0.25, 0.3) is 0 Å². The molecule has 2 rings (SSSR count). The zero-order chi connectivity index (χ0) is 13.7. The Morgan fingerprint density at radius 1 is 1.37 bits per heavy atom. The molecule has 1 saturated heterocycles. The number of carbonyl (C=O) groups is 1. The Hall–Kier alpha value is -1.55. The van der Waals surface area contributed by atoms with E-state index in [4.69, 9.17) is 0 Å². The highest BCUT2D eigenvalue weighted by Gasteiger charge is 2.20. The normalized spacial score (nSPS) is 19.3. The van der Waals surface area contributed by atoms with Crippen LogP contribution in [0.5, 0.6) is 0 Å². The molecule has 1 unspecified atom stereocenters. The lowest BCUT2D eigenvalue weighted by molar-refractivity contribution is 0.182. The second kappa shape index (κ2) is 6.57. The molecule has 1 heterocycles. The van der Waals surface area contributed by atoms with Crippen molar-refractivity contribution in [3.63, 3.8) is 0 Å². The molecule has 0 aliphatic carbocycles. The highest BCUT2D eigenvalue weighted by Crippen LogP contribution is 2.17. The lowest BCUT2D eigenvalue weighted by Crippen LogP contribution is -2.41. The van der Waals surface area contributed by atoms with Gasteiger partial charge in [0, 0.05) is 25.3 Å². The molecule has 0 spiro atoms. The minimum absolute atomic E-state index is 0.0212. The van der Waals surface area contributed by atoms with Crippen LogP contribution < -0.4 is 10.6 Å². The number of hydrogen-bond acceptors (Lipinski definition) is 2. The number of anilines is 1. The van der Waals surface area contributed by atoms with Crippen LogP contribution in [0.1, 0.15) is 25.3 Å². The summed E-state index contributed by atoms with van der Waals surface area (Å²) in [6, 6.07) is 8.00. The number of rotatable bonds is 3. The average Bonchev–Trinajstić information content (AvgIpc) is 2.41. The van der Waals surface area contributed by atoms with Crippen molar-refractivity contribution in [1.29, 1.82) is 0 Å². The molecular weight excluding hydrogens is 238 g/mol. The van der Waals surface area contributed by atoms with Gasteiger partial charge in [0.15, 0.2) is 0 Å². The molecule has 1 fully saturated rings. The van der Waals surface area contributed by atoms with Crippen LogP contribution >= 0.6 is 0 Å². The Morgan fingerprint density at radius 2 is 2.11 bits per heavy atom. The second-order valence-corrected chi connectivity index (χ2v) is 5.35. The van der Waals surface area contributed by atoms with E-state index in [9.17, 15) is 4.79 Å². The van der Waals surface area contributed by atoms with Crippen molar-refractivity contribution in [3.8, 4) is 0 Å². The third-order valence-corrected chi connectivity index (χ3v) is 3.53. The quantitative estimate of drug-likeness (QED) is 0.878. The van der Waals surface area contributed by atoms with Gasteiger partial charge >= 0.3 is 6.03 Å². The maximum atomic E-state index is 12.1. The molecule has 2 amide bonds. The molecule has 1 aliphatic rings. The van der Waals surface area contributed by atoms with Crippen molar-refractivity contribution in [2.24, 2.45) is 5.92 Å². The van der Waals surface area contributed by atoms with E-state index >= 15 is 0 Å². The third-order valence-electron chi connectivity index (χ3n) is 3.53. The summed E-state index contributed by atoms with van der Waals surface area (Å²) in [5.41, 5.74) is 2.08. The minimum atomic E-state index is 0.0212. The summed E-state index contributed by atoms with van der Waals surface area (Å²) >= 11 is 0. The summed E-state index contributed by atoms with van der Waals surface area (Å²) in [6.07, 6.45) is 2.33. The van der Waals surface area contributed by atoms with Gasteiger partial charge in [-0.05, 0) is 43.5 Å². The number of carbonyl (C=O) groups excluding carboxylic acids is 1. The molecule has 1 atom stereocenters. The molecule has 0 saturated carbocycles. The predicted octanol–water partition coefficient (Wildman–Crippen LogP) is 2.67. The average molecular weight is 261 g/mol. The van der Waals surface area contributed by atoms with Gasteiger partial charge in [0.25, 0.3) is 0 Å². The smallest absolute Gasteiger partial charge is 0.321 e. The molecule has 4 nitrogen and oxygen atoms in total. The van der Waals surface area contributed by atoms with Gasteiger partial charge in [-0.15, -0.1) is 0 Å².